The van der Waals surface area contributed by atoms with Gasteiger partial charge in [0.05, 0.1) is 6.54 Å². The lowest BCUT2D eigenvalue weighted by molar-refractivity contribution is 0.181. The average molecular weight is 260 g/mol. The van der Waals surface area contributed by atoms with Crippen molar-refractivity contribution in [2.24, 2.45) is 0 Å². The quantitative estimate of drug-likeness (QED) is 0.819. The van der Waals surface area contributed by atoms with Gasteiger partial charge in [-0.25, -0.2) is 4.79 Å². The number of hydrogen-bond donors (Lipinski definition) is 0. The molecule has 0 bridgehead atoms. The molecule has 2 fully saturated rings. The molecule has 1 aromatic rings. The Hall–Kier alpha value is -1.71. The van der Waals surface area contributed by atoms with Gasteiger partial charge in [0.2, 0.25) is 0 Å². The highest BCUT2D eigenvalue weighted by Crippen LogP contribution is 2.24. The average Bonchev–Trinajstić information content (AvgIpc) is 2.71. The molecule has 4 nitrogen and oxygen atoms in total. The lowest BCUT2D eigenvalue weighted by Crippen LogP contribution is -2.25. The second-order valence-electron chi connectivity index (χ2n) is 5.18. The molecule has 0 unspecified atom stereocenters. The fraction of sp³-hybridized carbons (Fsp3) is 0.533. The summed E-state index contributed by atoms with van der Waals surface area (Å²) in [7, 11) is 0. The third kappa shape index (κ3) is 2.67. The minimum absolute atomic E-state index is 0.234. The Morgan fingerprint density at radius 3 is 2.05 bits per heavy atom. The van der Waals surface area contributed by atoms with E-state index in [9.17, 15) is 4.79 Å². The van der Waals surface area contributed by atoms with Crippen LogP contribution >= 0.6 is 0 Å². The van der Waals surface area contributed by atoms with Crippen LogP contribution in [0.15, 0.2) is 24.3 Å². The van der Waals surface area contributed by atoms with Gasteiger partial charge in [0.15, 0.2) is 0 Å². The van der Waals surface area contributed by atoms with Crippen LogP contribution in [-0.4, -0.2) is 32.3 Å². The summed E-state index contributed by atoms with van der Waals surface area (Å²) in [6, 6.07) is 8.28. The first-order valence-corrected chi connectivity index (χ1v) is 7.14. The Morgan fingerprint density at radius 2 is 1.47 bits per heavy atom. The van der Waals surface area contributed by atoms with E-state index in [4.69, 9.17) is 4.74 Å². The van der Waals surface area contributed by atoms with Gasteiger partial charge in [0.25, 0.3) is 0 Å². The maximum atomic E-state index is 11.5. The molecule has 0 spiro atoms. The third-order valence-corrected chi connectivity index (χ3v) is 3.89. The number of amides is 1. The van der Waals surface area contributed by atoms with E-state index in [1.807, 2.05) is 12.1 Å². The Kier molecular flexibility index (Phi) is 3.58. The first-order chi connectivity index (χ1) is 9.34. The second kappa shape index (κ2) is 5.51. The van der Waals surface area contributed by atoms with Crippen molar-refractivity contribution in [1.82, 2.24) is 0 Å². The molecule has 0 N–H and O–H groups in total. The minimum Gasteiger partial charge on any atom is -0.447 e. The summed E-state index contributed by atoms with van der Waals surface area (Å²) in [6.45, 7) is 3.44. The summed E-state index contributed by atoms with van der Waals surface area (Å²) in [5.74, 6) is 0. The first kappa shape index (κ1) is 12.3. The van der Waals surface area contributed by atoms with Gasteiger partial charge in [0.1, 0.15) is 6.61 Å². The highest BCUT2D eigenvalue weighted by molar-refractivity contribution is 5.89. The number of rotatable bonds is 2. The van der Waals surface area contributed by atoms with E-state index >= 15 is 0 Å². The van der Waals surface area contributed by atoms with E-state index in [-0.39, 0.29) is 6.09 Å². The topological polar surface area (TPSA) is 32.8 Å². The summed E-state index contributed by atoms with van der Waals surface area (Å²) in [4.78, 5) is 15.6. The zero-order chi connectivity index (χ0) is 13.1. The molecule has 0 saturated carbocycles. The molecule has 1 amide bonds. The van der Waals surface area contributed by atoms with Crippen LogP contribution < -0.4 is 9.80 Å². The maximum Gasteiger partial charge on any atom is 0.414 e. The number of carbonyl (C=O) groups excluding carboxylic acids is 1. The second-order valence-corrected chi connectivity index (χ2v) is 5.18. The molecule has 0 aromatic heterocycles. The number of cyclic esters (lactones) is 1. The van der Waals surface area contributed by atoms with Crippen LogP contribution in [0, 0.1) is 0 Å². The van der Waals surface area contributed by atoms with Crippen LogP contribution in [0.4, 0.5) is 16.2 Å². The molecule has 0 atom stereocenters. The summed E-state index contributed by atoms with van der Waals surface area (Å²) in [6.07, 6.45) is 5.01. The fourth-order valence-corrected chi connectivity index (χ4v) is 2.80. The van der Waals surface area contributed by atoms with E-state index in [1.165, 1.54) is 31.4 Å². The van der Waals surface area contributed by atoms with Gasteiger partial charge in [-0.2, -0.15) is 0 Å². The van der Waals surface area contributed by atoms with Crippen LogP contribution in [0.2, 0.25) is 0 Å². The molecule has 2 saturated heterocycles. The van der Waals surface area contributed by atoms with Gasteiger partial charge in [-0.1, -0.05) is 12.8 Å². The Labute approximate surface area is 113 Å². The van der Waals surface area contributed by atoms with Crippen molar-refractivity contribution in [2.45, 2.75) is 25.7 Å². The van der Waals surface area contributed by atoms with Gasteiger partial charge in [-0.15, -0.1) is 0 Å². The minimum atomic E-state index is -0.234. The summed E-state index contributed by atoms with van der Waals surface area (Å²) in [5.41, 5.74) is 2.19. The molecule has 2 aliphatic rings. The van der Waals surface area contributed by atoms with Crippen LogP contribution in [0.1, 0.15) is 25.7 Å². The molecule has 1 aromatic carbocycles. The van der Waals surface area contributed by atoms with Crippen molar-refractivity contribution in [3.63, 3.8) is 0 Å². The van der Waals surface area contributed by atoms with Crippen molar-refractivity contribution in [1.29, 1.82) is 0 Å². The van der Waals surface area contributed by atoms with Gasteiger partial charge in [-0.3, -0.25) is 4.90 Å². The lowest BCUT2D eigenvalue weighted by atomic mass is 10.2. The summed E-state index contributed by atoms with van der Waals surface area (Å²) < 4.78 is 4.96. The van der Waals surface area contributed by atoms with E-state index in [0.29, 0.717) is 13.2 Å². The molecule has 0 radical (unpaired) electrons. The van der Waals surface area contributed by atoms with Crippen molar-refractivity contribution in [3.8, 4) is 0 Å². The predicted octanol–water partition coefficient (Wildman–Crippen LogP) is 3.02. The normalized spacial score (nSPS) is 20.3. The highest BCUT2D eigenvalue weighted by atomic mass is 16.6. The molecule has 2 aliphatic heterocycles. The molecule has 4 heteroatoms. The molecular formula is C15H20N2O2. The van der Waals surface area contributed by atoms with Gasteiger partial charge < -0.3 is 9.64 Å². The fourth-order valence-electron chi connectivity index (χ4n) is 2.80. The molecule has 2 heterocycles. The third-order valence-electron chi connectivity index (χ3n) is 3.89. The molecule has 102 valence electrons. The van der Waals surface area contributed by atoms with Crippen LogP contribution in [0.3, 0.4) is 0 Å². The van der Waals surface area contributed by atoms with E-state index in [0.717, 1.165) is 18.8 Å². The largest absolute Gasteiger partial charge is 0.447 e. The zero-order valence-electron chi connectivity index (χ0n) is 11.2. The van der Waals surface area contributed by atoms with E-state index in [1.54, 1.807) is 4.90 Å². The van der Waals surface area contributed by atoms with E-state index < -0.39 is 0 Å². The predicted molar refractivity (Wildman–Crippen MR) is 75.8 cm³/mol. The number of nitrogens with zero attached hydrogens (tertiary/aromatic N) is 2. The van der Waals surface area contributed by atoms with Crippen molar-refractivity contribution >= 4 is 17.5 Å². The van der Waals surface area contributed by atoms with Crippen molar-refractivity contribution in [2.75, 3.05) is 36.0 Å². The Bertz CT molecular complexity index is 436. The molecular weight excluding hydrogens is 240 g/mol. The molecule has 3 rings (SSSR count). The van der Waals surface area contributed by atoms with Gasteiger partial charge >= 0.3 is 6.09 Å². The Balaban J connectivity index is 1.72. The number of benzene rings is 1. The van der Waals surface area contributed by atoms with Crippen molar-refractivity contribution < 1.29 is 9.53 Å². The standard InChI is InChI=1S/C15H20N2O2/c18-15-17(11-12-19-15)14-7-5-13(6-8-14)16-9-3-1-2-4-10-16/h5-8H,1-4,9-12H2. The monoisotopic (exact) mass is 260 g/mol. The number of anilines is 2. The maximum absolute atomic E-state index is 11.5. The van der Waals surface area contributed by atoms with Crippen molar-refractivity contribution in [3.05, 3.63) is 24.3 Å². The number of ether oxygens (including phenoxy) is 1. The van der Waals surface area contributed by atoms with Crippen LogP contribution in [0.5, 0.6) is 0 Å². The van der Waals surface area contributed by atoms with E-state index in [2.05, 4.69) is 17.0 Å². The highest BCUT2D eigenvalue weighted by Gasteiger charge is 2.23. The zero-order valence-corrected chi connectivity index (χ0v) is 11.2. The summed E-state index contributed by atoms with van der Waals surface area (Å²) in [5, 5.41) is 0. The van der Waals surface area contributed by atoms with Crippen LogP contribution in [0.25, 0.3) is 0 Å². The molecule has 19 heavy (non-hydrogen) atoms. The SMILES string of the molecule is O=C1OCCN1c1ccc(N2CCCCCC2)cc1. The Morgan fingerprint density at radius 1 is 0.842 bits per heavy atom. The lowest BCUT2D eigenvalue weighted by Gasteiger charge is -2.23. The number of hydrogen-bond acceptors (Lipinski definition) is 3. The van der Waals surface area contributed by atoms with Gasteiger partial charge in [0, 0.05) is 24.5 Å². The smallest absolute Gasteiger partial charge is 0.414 e. The number of carbonyl (C=O) groups is 1. The van der Waals surface area contributed by atoms with Crippen LogP contribution in [-0.2, 0) is 4.74 Å². The first-order valence-electron chi connectivity index (χ1n) is 7.14. The molecule has 0 aliphatic carbocycles. The van der Waals surface area contributed by atoms with Gasteiger partial charge in [-0.05, 0) is 37.1 Å². The summed E-state index contributed by atoms with van der Waals surface area (Å²) >= 11 is 0.